The first-order valence-electron chi connectivity index (χ1n) is 9.60. The smallest absolute Gasteiger partial charge is 0.327 e. The summed E-state index contributed by atoms with van der Waals surface area (Å²) in [6, 6.07) is 8.39. The van der Waals surface area contributed by atoms with Gasteiger partial charge in [-0.15, -0.1) is 0 Å². The average Bonchev–Trinajstić information content (AvgIpc) is 2.89. The zero-order valence-corrected chi connectivity index (χ0v) is 16.4. The minimum Gasteiger partial charge on any atom is -0.330 e. The predicted molar refractivity (Wildman–Crippen MR) is 101 cm³/mol. The molecule has 146 valence electrons. The van der Waals surface area contributed by atoms with Crippen molar-refractivity contribution in [1.82, 2.24) is 14.7 Å². The van der Waals surface area contributed by atoms with Gasteiger partial charge in [0.1, 0.15) is 19.6 Å². The van der Waals surface area contributed by atoms with E-state index in [-0.39, 0.29) is 30.9 Å². The van der Waals surface area contributed by atoms with Crippen LogP contribution in [0.25, 0.3) is 0 Å². The van der Waals surface area contributed by atoms with Crippen molar-refractivity contribution in [3.05, 3.63) is 35.4 Å². The molecular formula is C20H29N4O3+. The first-order valence-corrected chi connectivity index (χ1v) is 9.60. The molecule has 0 unspecified atom stereocenters. The van der Waals surface area contributed by atoms with E-state index in [0.717, 1.165) is 24.5 Å². The van der Waals surface area contributed by atoms with E-state index in [1.807, 2.05) is 0 Å². The summed E-state index contributed by atoms with van der Waals surface area (Å²) in [6.07, 6.45) is 0. The summed E-state index contributed by atoms with van der Waals surface area (Å²) < 4.78 is 0. The maximum Gasteiger partial charge on any atom is 0.327 e. The fraction of sp³-hybridized carbons (Fsp3) is 0.550. The van der Waals surface area contributed by atoms with E-state index < -0.39 is 0 Å². The number of imide groups is 1. The number of nitrogens with one attached hydrogen (secondary N) is 1. The molecule has 7 nitrogen and oxygen atoms in total. The average molecular weight is 373 g/mol. The number of rotatable bonds is 5. The Morgan fingerprint density at radius 1 is 1.11 bits per heavy atom. The van der Waals surface area contributed by atoms with Crippen LogP contribution >= 0.6 is 0 Å². The van der Waals surface area contributed by atoms with Crippen LogP contribution in [0.5, 0.6) is 0 Å². The molecule has 2 heterocycles. The van der Waals surface area contributed by atoms with Gasteiger partial charge in [-0.05, 0) is 11.5 Å². The number of amides is 4. The number of quaternary nitrogens is 1. The highest BCUT2D eigenvalue weighted by molar-refractivity contribution is 6.04. The van der Waals surface area contributed by atoms with Crippen molar-refractivity contribution in [2.45, 2.75) is 26.3 Å². The molecule has 4 amide bonds. The van der Waals surface area contributed by atoms with Crippen LogP contribution < -0.4 is 4.90 Å². The highest BCUT2D eigenvalue weighted by Gasteiger charge is 2.36. The summed E-state index contributed by atoms with van der Waals surface area (Å²) in [4.78, 5) is 41.8. The number of benzene rings is 1. The molecule has 2 fully saturated rings. The Kier molecular flexibility index (Phi) is 5.79. The van der Waals surface area contributed by atoms with Crippen LogP contribution in [-0.4, -0.2) is 78.9 Å². The molecule has 1 N–H and O–H groups in total. The number of likely N-dealkylation sites (N-methyl/N-ethyl adjacent to an activating group) is 1. The standard InChI is InChI=1S/C20H28N4O3/c1-15(2)17-6-4-16(5-7-17)12-22-8-10-23(11-9-22)18(25)14-24-19(26)13-21(3)20(24)27/h4-7,15H,8-14H2,1-3H3/p+1. The molecule has 0 aliphatic carbocycles. The quantitative estimate of drug-likeness (QED) is 0.735. The highest BCUT2D eigenvalue weighted by Crippen LogP contribution is 2.14. The number of nitrogens with zero attached hydrogens (tertiary/aromatic N) is 3. The van der Waals surface area contributed by atoms with Gasteiger partial charge in [-0.2, -0.15) is 0 Å². The summed E-state index contributed by atoms with van der Waals surface area (Å²) in [5.41, 5.74) is 2.66. The van der Waals surface area contributed by atoms with Crippen LogP contribution in [0.3, 0.4) is 0 Å². The summed E-state index contributed by atoms with van der Waals surface area (Å²) in [5.74, 6) is 0.0902. The summed E-state index contributed by atoms with van der Waals surface area (Å²) in [6.45, 7) is 8.31. The molecule has 0 spiro atoms. The molecule has 0 radical (unpaired) electrons. The molecular weight excluding hydrogens is 344 g/mol. The van der Waals surface area contributed by atoms with Crippen molar-refractivity contribution in [3.63, 3.8) is 0 Å². The van der Waals surface area contributed by atoms with Crippen molar-refractivity contribution < 1.29 is 19.3 Å². The first-order chi connectivity index (χ1) is 12.8. The normalized spacial score (nSPS) is 18.7. The molecule has 0 atom stereocenters. The summed E-state index contributed by atoms with van der Waals surface area (Å²) in [7, 11) is 1.57. The molecule has 3 rings (SSSR count). The fourth-order valence-corrected chi connectivity index (χ4v) is 3.62. The monoisotopic (exact) mass is 373 g/mol. The Morgan fingerprint density at radius 2 is 1.74 bits per heavy atom. The van der Waals surface area contributed by atoms with Gasteiger partial charge in [0.15, 0.2) is 0 Å². The SMILES string of the molecule is CC(C)c1ccc(C[NH+]2CCN(C(=O)CN3C(=O)CN(C)C3=O)CC2)cc1. The fourth-order valence-electron chi connectivity index (χ4n) is 3.62. The first kappa shape index (κ1) is 19.4. The van der Waals surface area contributed by atoms with E-state index in [9.17, 15) is 14.4 Å². The lowest BCUT2D eigenvalue weighted by Crippen LogP contribution is -3.13. The Hall–Kier alpha value is -2.41. The lowest BCUT2D eigenvalue weighted by Gasteiger charge is -2.33. The van der Waals surface area contributed by atoms with Crippen LogP contribution in [0.2, 0.25) is 0 Å². The van der Waals surface area contributed by atoms with E-state index in [1.165, 1.54) is 20.9 Å². The molecule has 2 aliphatic heterocycles. The number of carbonyl (C=O) groups is 3. The summed E-state index contributed by atoms with van der Waals surface area (Å²) >= 11 is 0. The van der Waals surface area contributed by atoms with Crippen LogP contribution in [-0.2, 0) is 16.1 Å². The second-order valence-electron chi connectivity index (χ2n) is 7.82. The van der Waals surface area contributed by atoms with Crippen LogP contribution in [0.1, 0.15) is 30.9 Å². The Morgan fingerprint density at radius 3 is 2.26 bits per heavy atom. The van der Waals surface area contributed by atoms with Crippen molar-refractivity contribution in [3.8, 4) is 0 Å². The highest BCUT2D eigenvalue weighted by atomic mass is 16.2. The maximum atomic E-state index is 12.5. The van der Waals surface area contributed by atoms with Gasteiger partial charge in [-0.3, -0.25) is 14.5 Å². The second-order valence-corrected chi connectivity index (χ2v) is 7.82. The number of hydrogen-bond donors (Lipinski definition) is 1. The third-order valence-corrected chi connectivity index (χ3v) is 5.45. The Bertz CT molecular complexity index is 708. The van der Waals surface area contributed by atoms with Crippen LogP contribution in [0, 0.1) is 0 Å². The zero-order valence-electron chi connectivity index (χ0n) is 16.4. The lowest BCUT2D eigenvalue weighted by atomic mass is 10.0. The Balaban J connectivity index is 1.47. The predicted octanol–water partition coefficient (Wildman–Crippen LogP) is -0.0689. The van der Waals surface area contributed by atoms with Crippen LogP contribution in [0.4, 0.5) is 4.79 Å². The molecule has 1 aromatic carbocycles. The number of carbonyl (C=O) groups excluding carboxylic acids is 3. The van der Waals surface area contributed by atoms with E-state index >= 15 is 0 Å². The second kappa shape index (κ2) is 8.08. The summed E-state index contributed by atoms with van der Waals surface area (Å²) in [5, 5.41) is 0. The van der Waals surface area contributed by atoms with E-state index in [4.69, 9.17) is 0 Å². The van der Waals surface area contributed by atoms with Gasteiger partial charge in [0, 0.05) is 12.6 Å². The molecule has 2 saturated heterocycles. The van der Waals surface area contributed by atoms with Crippen LogP contribution in [0.15, 0.2) is 24.3 Å². The third kappa shape index (κ3) is 4.47. The van der Waals surface area contributed by atoms with Gasteiger partial charge in [0.2, 0.25) is 5.91 Å². The van der Waals surface area contributed by atoms with Gasteiger partial charge >= 0.3 is 6.03 Å². The van der Waals surface area contributed by atoms with Gasteiger partial charge in [-0.1, -0.05) is 38.1 Å². The van der Waals surface area contributed by atoms with Gasteiger partial charge in [0.25, 0.3) is 5.91 Å². The van der Waals surface area contributed by atoms with Crippen molar-refractivity contribution in [2.24, 2.45) is 0 Å². The molecule has 1 aromatic rings. The van der Waals surface area contributed by atoms with Crippen molar-refractivity contribution >= 4 is 17.8 Å². The van der Waals surface area contributed by atoms with Gasteiger partial charge in [0.05, 0.1) is 26.2 Å². The molecule has 27 heavy (non-hydrogen) atoms. The van der Waals surface area contributed by atoms with Gasteiger partial charge < -0.3 is 14.7 Å². The number of piperazine rings is 1. The molecule has 7 heteroatoms. The largest absolute Gasteiger partial charge is 0.330 e. The minimum absolute atomic E-state index is 0.0552. The minimum atomic E-state index is -0.387. The molecule has 0 bridgehead atoms. The van der Waals surface area contributed by atoms with E-state index in [0.29, 0.717) is 19.0 Å². The molecule has 2 aliphatic rings. The number of hydrogen-bond acceptors (Lipinski definition) is 3. The van der Waals surface area contributed by atoms with Crippen molar-refractivity contribution in [1.29, 1.82) is 0 Å². The lowest BCUT2D eigenvalue weighted by molar-refractivity contribution is -0.917. The molecule has 0 aromatic heterocycles. The zero-order chi connectivity index (χ0) is 19.6. The number of urea groups is 1. The Labute approximate surface area is 160 Å². The van der Waals surface area contributed by atoms with E-state index in [2.05, 4.69) is 38.1 Å². The third-order valence-electron chi connectivity index (χ3n) is 5.45. The van der Waals surface area contributed by atoms with E-state index in [1.54, 1.807) is 11.9 Å². The van der Waals surface area contributed by atoms with Crippen molar-refractivity contribution in [2.75, 3.05) is 46.3 Å². The topological polar surface area (TPSA) is 65.4 Å². The van der Waals surface area contributed by atoms with Gasteiger partial charge in [-0.25, -0.2) is 4.79 Å². The molecule has 0 saturated carbocycles. The maximum absolute atomic E-state index is 12.5.